The molecule has 1 aromatic carbocycles. The highest BCUT2D eigenvalue weighted by Gasteiger charge is 2.14. The molecule has 0 radical (unpaired) electrons. The molecule has 3 rings (SSSR count). The second-order valence-electron chi connectivity index (χ2n) is 7.18. The molecule has 0 aliphatic heterocycles. The van der Waals surface area contributed by atoms with E-state index in [4.69, 9.17) is 4.74 Å². The number of carbonyl (C=O) groups is 2. The summed E-state index contributed by atoms with van der Waals surface area (Å²) in [6, 6.07) is 10.4. The molecular formula is C23H27N3O3. The summed E-state index contributed by atoms with van der Waals surface area (Å²) >= 11 is 0. The van der Waals surface area contributed by atoms with Gasteiger partial charge in [0.25, 0.3) is 11.8 Å². The zero-order valence-electron chi connectivity index (χ0n) is 17.0. The van der Waals surface area contributed by atoms with Crippen LogP contribution in [0.15, 0.2) is 48.0 Å². The molecule has 6 nitrogen and oxygen atoms in total. The number of hydrogen-bond acceptors (Lipinski definition) is 4. The molecule has 1 aromatic heterocycles. The lowest BCUT2D eigenvalue weighted by Crippen LogP contribution is -2.26. The third-order valence-electron chi connectivity index (χ3n) is 4.93. The highest BCUT2D eigenvalue weighted by atomic mass is 16.5. The van der Waals surface area contributed by atoms with Crippen LogP contribution < -0.4 is 15.4 Å². The van der Waals surface area contributed by atoms with Gasteiger partial charge in [-0.1, -0.05) is 23.8 Å². The quantitative estimate of drug-likeness (QED) is 0.689. The Morgan fingerprint density at radius 3 is 2.62 bits per heavy atom. The maximum Gasteiger partial charge on any atom is 0.274 e. The van der Waals surface area contributed by atoms with Crippen LogP contribution in [0.1, 0.15) is 58.6 Å². The standard InChI is InChI=1S/C23H27N3O3/c1-16-11-12-21(29-2)20(15-16)26-23(28)19-10-6-9-18(25-19)22(27)24-14-13-17-7-4-3-5-8-17/h6-7,9-12,15H,3-5,8,13-14H2,1-2H3,(H,24,27)(H,26,28). The zero-order valence-corrected chi connectivity index (χ0v) is 17.0. The van der Waals surface area contributed by atoms with Crippen LogP contribution in [0.2, 0.25) is 0 Å². The van der Waals surface area contributed by atoms with Crippen LogP contribution in [0.25, 0.3) is 0 Å². The van der Waals surface area contributed by atoms with E-state index in [1.54, 1.807) is 31.4 Å². The fourth-order valence-corrected chi connectivity index (χ4v) is 3.35. The molecule has 2 amide bonds. The summed E-state index contributed by atoms with van der Waals surface area (Å²) in [7, 11) is 1.55. The minimum Gasteiger partial charge on any atom is -0.495 e. The highest BCUT2D eigenvalue weighted by Crippen LogP contribution is 2.25. The predicted molar refractivity (Wildman–Crippen MR) is 113 cm³/mol. The highest BCUT2D eigenvalue weighted by molar-refractivity contribution is 6.04. The van der Waals surface area contributed by atoms with Gasteiger partial charge in [-0.05, 0) is 68.9 Å². The normalized spacial score (nSPS) is 13.4. The fraction of sp³-hybridized carbons (Fsp3) is 0.348. The summed E-state index contributed by atoms with van der Waals surface area (Å²) in [6.07, 6.45) is 7.87. The van der Waals surface area contributed by atoms with E-state index in [0.29, 0.717) is 18.0 Å². The molecule has 0 saturated carbocycles. The number of benzene rings is 1. The van der Waals surface area contributed by atoms with Gasteiger partial charge in [-0.15, -0.1) is 0 Å². The van der Waals surface area contributed by atoms with Crippen molar-refractivity contribution in [3.05, 3.63) is 65.0 Å². The van der Waals surface area contributed by atoms with Gasteiger partial charge in [-0.3, -0.25) is 9.59 Å². The number of anilines is 1. The molecule has 1 aliphatic carbocycles. The minimum atomic E-state index is -0.393. The van der Waals surface area contributed by atoms with Gasteiger partial charge in [-0.2, -0.15) is 0 Å². The minimum absolute atomic E-state index is 0.177. The van der Waals surface area contributed by atoms with E-state index in [0.717, 1.165) is 24.8 Å². The van der Waals surface area contributed by atoms with Crippen LogP contribution in [0, 0.1) is 6.92 Å². The molecule has 0 spiro atoms. The number of ether oxygens (including phenoxy) is 1. The van der Waals surface area contributed by atoms with Crippen molar-refractivity contribution in [3.8, 4) is 5.75 Å². The molecule has 0 atom stereocenters. The number of pyridine rings is 1. The summed E-state index contributed by atoms with van der Waals surface area (Å²) in [5, 5.41) is 5.70. The van der Waals surface area contributed by atoms with E-state index >= 15 is 0 Å². The third-order valence-corrected chi connectivity index (χ3v) is 4.93. The Morgan fingerprint density at radius 2 is 1.90 bits per heavy atom. The number of nitrogens with one attached hydrogen (secondary N) is 2. The number of nitrogens with zero attached hydrogens (tertiary/aromatic N) is 1. The lowest BCUT2D eigenvalue weighted by atomic mass is 9.97. The first kappa shape index (κ1) is 20.6. The van der Waals surface area contributed by atoms with Crippen molar-refractivity contribution in [2.24, 2.45) is 0 Å². The van der Waals surface area contributed by atoms with Crippen molar-refractivity contribution < 1.29 is 14.3 Å². The Hall–Kier alpha value is -3.15. The Balaban J connectivity index is 1.62. The lowest BCUT2D eigenvalue weighted by molar-refractivity contribution is 0.0949. The number of hydrogen-bond donors (Lipinski definition) is 2. The van der Waals surface area contributed by atoms with Gasteiger partial charge in [0.05, 0.1) is 12.8 Å². The van der Waals surface area contributed by atoms with Crippen LogP contribution in [-0.4, -0.2) is 30.5 Å². The fourth-order valence-electron chi connectivity index (χ4n) is 3.35. The SMILES string of the molecule is COc1ccc(C)cc1NC(=O)c1cccc(C(=O)NCCC2=CCCCC2)n1. The molecule has 0 bridgehead atoms. The average Bonchev–Trinajstić information content (AvgIpc) is 2.74. The van der Waals surface area contributed by atoms with Gasteiger partial charge >= 0.3 is 0 Å². The van der Waals surface area contributed by atoms with E-state index in [1.165, 1.54) is 18.4 Å². The largest absolute Gasteiger partial charge is 0.495 e. The van der Waals surface area contributed by atoms with Crippen molar-refractivity contribution in [2.45, 2.75) is 39.0 Å². The van der Waals surface area contributed by atoms with Crippen LogP contribution >= 0.6 is 0 Å². The van der Waals surface area contributed by atoms with Gasteiger partial charge < -0.3 is 15.4 Å². The van der Waals surface area contributed by atoms with Gasteiger partial charge in [0.15, 0.2) is 0 Å². The lowest BCUT2D eigenvalue weighted by Gasteiger charge is -2.13. The number of carbonyl (C=O) groups excluding carboxylic acids is 2. The number of methoxy groups -OCH3 is 1. The summed E-state index contributed by atoms with van der Waals surface area (Å²) in [5.74, 6) is -0.102. The first-order valence-corrected chi connectivity index (χ1v) is 9.96. The Morgan fingerprint density at radius 1 is 1.10 bits per heavy atom. The number of aromatic nitrogens is 1. The monoisotopic (exact) mass is 393 g/mol. The second-order valence-corrected chi connectivity index (χ2v) is 7.18. The Labute approximate surface area is 171 Å². The number of aryl methyl sites for hydroxylation is 1. The molecule has 0 saturated heterocycles. The van der Waals surface area contributed by atoms with Crippen LogP contribution in [0.3, 0.4) is 0 Å². The van der Waals surface area contributed by atoms with Crippen molar-refractivity contribution in [1.82, 2.24) is 10.3 Å². The number of amides is 2. The van der Waals surface area contributed by atoms with Crippen molar-refractivity contribution in [1.29, 1.82) is 0 Å². The van der Waals surface area contributed by atoms with Gasteiger partial charge in [0.1, 0.15) is 17.1 Å². The molecule has 2 aromatic rings. The third kappa shape index (κ3) is 5.67. The van der Waals surface area contributed by atoms with E-state index in [2.05, 4.69) is 21.7 Å². The predicted octanol–water partition coefficient (Wildman–Crippen LogP) is 4.27. The maximum atomic E-state index is 12.6. The number of allylic oxidation sites excluding steroid dienone is 1. The number of rotatable bonds is 7. The topological polar surface area (TPSA) is 80.3 Å². The molecule has 0 unspecified atom stereocenters. The molecule has 152 valence electrons. The Bertz CT molecular complexity index is 921. The van der Waals surface area contributed by atoms with E-state index < -0.39 is 5.91 Å². The molecule has 1 heterocycles. The van der Waals surface area contributed by atoms with Crippen molar-refractivity contribution >= 4 is 17.5 Å². The second kappa shape index (κ2) is 9.87. The van der Waals surface area contributed by atoms with Crippen LogP contribution in [0.4, 0.5) is 5.69 Å². The summed E-state index contributed by atoms with van der Waals surface area (Å²) < 4.78 is 5.29. The van der Waals surface area contributed by atoms with Crippen molar-refractivity contribution in [3.63, 3.8) is 0 Å². The average molecular weight is 393 g/mol. The first-order chi connectivity index (χ1) is 14.1. The molecular weight excluding hydrogens is 366 g/mol. The van der Waals surface area contributed by atoms with Crippen LogP contribution in [0.5, 0.6) is 5.75 Å². The summed E-state index contributed by atoms with van der Waals surface area (Å²) in [5.41, 5.74) is 3.37. The molecule has 29 heavy (non-hydrogen) atoms. The van der Waals surface area contributed by atoms with E-state index in [-0.39, 0.29) is 17.3 Å². The molecule has 1 aliphatic rings. The smallest absolute Gasteiger partial charge is 0.274 e. The van der Waals surface area contributed by atoms with Gasteiger partial charge in [0, 0.05) is 6.54 Å². The van der Waals surface area contributed by atoms with Gasteiger partial charge in [0.2, 0.25) is 0 Å². The Kier molecular flexibility index (Phi) is 7.00. The van der Waals surface area contributed by atoms with Crippen LogP contribution in [-0.2, 0) is 0 Å². The first-order valence-electron chi connectivity index (χ1n) is 9.96. The summed E-state index contributed by atoms with van der Waals surface area (Å²) in [6.45, 7) is 2.50. The molecule has 0 fully saturated rings. The van der Waals surface area contributed by atoms with Crippen molar-refractivity contribution in [2.75, 3.05) is 19.0 Å². The van der Waals surface area contributed by atoms with Gasteiger partial charge in [-0.25, -0.2) is 4.98 Å². The maximum absolute atomic E-state index is 12.6. The zero-order chi connectivity index (χ0) is 20.6. The summed E-state index contributed by atoms with van der Waals surface area (Å²) in [4.78, 5) is 29.3. The van der Waals surface area contributed by atoms with E-state index in [1.807, 2.05) is 19.1 Å². The molecule has 6 heteroatoms. The molecule has 2 N–H and O–H groups in total. The van der Waals surface area contributed by atoms with E-state index in [9.17, 15) is 9.59 Å².